The number of urea groups is 1. The third-order valence-electron chi connectivity index (χ3n) is 2.80. The number of para-hydroxylation sites is 1. The molecule has 0 aliphatic rings. The van der Waals surface area contributed by atoms with Gasteiger partial charge in [-0.25, -0.2) is 9.59 Å². The number of aliphatic carboxylic acids is 1. The highest BCUT2D eigenvalue weighted by Crippen LogP contribution is 2.06. The lowest BCUT2D eigenvalue weighted by Gasteiger charge is -2.15. The Kier molecular flexibility index (Phi) is 4.87. The minimum atomic E-state index is -1.10. The molecule has 6 nitrogen and oxygen atoms in total. The second kappa shape index (κ2) is 7.04. The summed E-state index contributed by atoms with van der Waals surface area (Å²) in [6.07, 6.45) is 3.35. The molecule has 0 saturated heterocycles. The Hall–Kier alpha value is -2.89. The van der Waals surface area contributed by atoms with Crippen LogP contribution in [0.4, 0.5) is 10.5 Å². The summed E-state index contributed by atoms with van der Waals surface area (Å²) in [6, 6.07) is 10.7. The summed E-state index contributed by atoms with van der Waals surface area (Å²) in [4.78, 5) is 27.0. The third-order valence-corrected chi connectivity index (χ3v) is 2.80. The second-order valence-corrected chi connectivity index (χ2v) is 4.42. The summed E-state index contributed by atoms with van der Waals surface area (Å²) < 4.78 is 0. The zero-order valence-corrected chi connectivity index (χ0v) is 11.2. The first-order chi connectivity index (χ1) is 10.1. The second-order valence-electron chi connectivity index (χ2n) is 4.42. The number of nitrogens with zero attached hydrogens (tertiary/aromatic N) is 1. The number of amides is 2. The van der Waals surface area contributed by atoms with Crippen molar-refractivity contribution in [1.29, 1.82) is 0 Å². The van der Waals surface area contributed by atoms with Crippen molar-refractivity contribution in [3.8, 4) is 0 Å². The number of carboxylic acids is 1. The maximum atomic E-state index is 11.8. The van der Waals surface area contributed by atoms with Crippen molar-refractivity contribution in [2.45, 2.75) is 12.5 Å². The molecule has 2 rings (SSSR count). The Morgan fingerprint density at radius 1 is 1.14 bits per heavy atom. The smallest absolute Gasteiger partial charge is 0.326 e. The van der Waals surface area contributed by atoms with Crippen LogP contribution in [0, 0.1) is 0 Å². The number of rotatable bonds is 5. The molecule has 0 aliphatic carbocycles. The van der Waals surface area contributed by atoms with E-state index in [1.807, 2.05) is 6.07 Å². The lowest BCUT2D eigenvalue weighted by Crippen LogP contribution is -2.44. The summed E-state index contributed by atoms with van der Waals surface area (Å²) in [6.45, 7) is 0. The number of carbonyl (C=O) groups is 2. The van der Waals surface area contributed by atoms with Crippen molar-refractivity contribution < 1.29 is 14.7 Å². The van der Waals surface area contributed by atoms with E-state index in [9.17, 15) is 14.7 Å². The van der Waals surface area contributed by atoms with Gasteiger partial charge in [-0.3, -0.25) is 4.98 Å². The zero-order valence-electron chi connectivity index (χ0n) is 11.2. The minimum Gasteiger partial charge on any atom is -0.480 e. The fourth-order valence-corrected chi connectivity index (χ4v) is 1.80. The number of carbonyl (C=O) groups excluding carboxylic acids is 1. The fourth-order valence-electron chi connectivity index (χ4n) is 1.80. The van der Waals surface area contributed by atoms with Gasteiger partial charge >= 0.3 is 12.0 Å². The predicted octanol–water partition coefficient (Wildman–Crippen LogP) is 1.90. The van der Waals surface area contributed by atoms with Crippen LogP contribution in [0.3, 0.4) is 0 Å². The van der Waals surface area contributed by atoms with Crippen LogP contribution in [0.15, 0.2) is 54.9 Å². The highest BCUT2D eigenvalue weighted by Gasteiger charge is 2.20. The number of pyridine rings is 1. The number of hydrogen-bond donors (Lipinski definition) is 3. The lowest BCUT2D eigenvalue weighted by molar-refractivity contribution is -0.139. The Morgan fingerprint density at radius 3 is 2.52 bits per heavy atom. The topological polar surface area (TPSA) is 91.3 Å². The summed E-state index contributed by atoms with van der Waals surface area (Å²) in [7, 11) is 0. The van der Waals surface area contributed by atoms with E-state index in [-0.39, 0.29) is 6.42 Å². The first-order valence-electron chi connectivity index (χ1n) is 6.39. The van der Waals surface area contributed by atoms with Crippen LogP contribution >= 0.6 is 0 Å². The molecule has 108 valence electrons. The fraction of sp³-hybridized carbons (Fsp3) is 0.133. The molecule has 1 aromatic carbocycles. The van der Waals surface area contributed by atoms with E-state index < -0.39 is 18.0 Å². The molecule has 1 heterocycles. The van der Waals surface area contributed by atoms with Gasteiger partial charge in [0.1, 0.15) is 6.04 Å². The molecule has 21 heavy (non-hydrogen) atoms. The van der Waals surface area contributed by atoms with Gasteiger partial charge in [0.15, 0.2) is 0 Å². The van der Waals surface area contributed by atoms with Gasteiger partial charge in [-0.1, -0.05) is 24.3 Å². The Morgan fingerprint density at radius 2 is 1.90 bits per heavy atom. The molecule has 0 fully saturated rings. The highest BCUT2D eigenvalue weighted by atomic mass is 16.4. The SMILES string of the molecule is O=C(Nc1ccccc1)N[C@@H](Cc1cccnc1)C(=O)O. The van der Waals surface area contributed by atoms with Crippen molar-refractivity contribution in [3.05, 3.63) is 60.4 Å². The maximum Gasteiger partial charge on any atom is 0.326 e. The van der Waals surface area contributed by atoms with E-state index in [4.69, 9.17) is 0 Å². The molecule has 2 amide bonds. The van der Waals surface area contributed by atoms with Crippen molar-refractivity contribution in [2.75, 3.05) is 5.32 Å². The van der Waals surface area contributed by atoms with E-state index in [1.165, 1.54) is 0 Å². The Labute approximate surface area is 121 Å². The van der Waals surface area contributed by atoms with Crippen molar-refractivity contribution >= 4 is 17.7 Å². The standard InChI is InChI=1S/C15H15N3O3/c19-14(20)13(9-11-5-4-8-16-10-11)18-15(21)17-12-6-2-1-3-7-12/h1-8,10,13H,9H2,(H,19,20)(H2,17,18,21)/t13-/m0/s1. The summed E-state index contributed by atoms with van der Waals surface area (Å²) >= 11 is 0. The number of nitrogens with one attached hydrogen (secondary N) is 2. The largest absolute Gasteiger partial charge is 0.480 e. The van der Waals surface area contributed by atoms with Gasteiger partial charge in [-0.05, 0) is 23.8 Å². The van der Waals surface area contributed by atoms with Crippen LogP contribution in [0.1, 0.15) is 5.56 Å². The van der Waals surface area contributed by atoms with Crippen molar-refractivity contribution in [3.63, 3.8) is 0 Å². The molecule has 0 aliphatic heterocycles. The maximum absolute atomic E-state index is 11.8. The normalized spacial score (nSPS) is 11.4. The van der Waals surface area contributed by atoms with Gasteiger partial charge in [0.2, 0.25) is 0 Å². The van der Waals surface area contributed by atoms with Crippen LogP contribution in [-0.4, -0.2) is 28.1 Å². The first kappa shape index (κ1) is 14.5. The van der Waals surface area contributed by atoms with Crippen LogP contribution in [0.25, 0.3) is 0 Å². The average Bonchev–Trinajstić information content (AvgIpc) is 2.48. The highest BCUT2D eigenvalue weighted by molar-refractivity contribution is 5.92. The molecule has 0 unspecified atom stereocenters. The number of benzene rings is 1. The number of anilines is 1. The number of hydrogen-bond acceptors (Lipinski definition) is 3. The van der Waals surface area contributed by atoms with Gasteiger partial charge in [0, 0.05) is 24.5 Å². The van der Waals surface area contributed by atoms with E-state index in [2.05, 4.69) is 15.6 Å². The molecule has 3 N–H and O–H groups in total. The lowest BCUT2D eigenvalue weighted by atomic mass is 10.1. The molecular formula is C15H15N3O3. The molecule has 1 aromatic heterocycles. The molecule has 2 aromatic rings. The molecule has 0 bridgehead atoms. The molecule has 0 saturated carbocycles. The molecule has 0 spiro atoms. The van der Waals surface area contributed by atoms with Gasteiger partial charge in [-0.15, -0.1) is 0 Å². The van der Waals surface area contributed by atoms with Crippen LogP contribution < -0.4 is 10.6 Å². The van der Waals surface area contributed by atoms with Crippen molar-refractivity contribution in [2.24, 2.45) is 0 Å². The molecule has 6 heteroatoms. The van der Waals surface area contributed by atoms with E-state index in [0.717, 1.165) is 5.56 Å². The molecular weight excluding hydrogens is 270 g/mol. The summed E-state index contributed by atoms with van der Waals surface area (Å²) in [5, 5.41) is 14.2. The zero-order chi connectivity index (χ0) is 15.1. The van der Waals surface area contributed by atoms with Gasteiger partial charge in [-0.2, -0.15) is 0 Å². The molecule has 0 radical (unpaired) electrons. The van der Waals surface area contributed by atoms with E-state index >= 15 is 0 Å². The number of carboxylic acid groups (broad SMARTS) is 1. The third kappa shape index (κ3) is 4.61. The van der Waals surface area contributed by atoms with Crippen LogP contribution in [0.2, 0.25) is 0 Å². The quantitative estimate of drug-likeness (QED) is 0.782. The van der Waals surface area contributed by atoms with Crippen molar-refractivity contribution in [1.82, 2.24) is 10.3 Å². The minimum absolute atomic E-state index is 0.172. The van der Waals surface area contributed by atoms with Crippen LogP contribution in [0.5, 0.6) is 0 Å². The van der Waals surface area contributed by atoms with Gasteiger partial charge in [0.05, 0.1) is 0 Å². The average molecular weight is 285 g/mol. The van der Waals surface area contributed by atoms with Gasteiger partial charge in [0.25, 0.3) is 0 Å². The first-order valence-corrected chi connectivity index (χ1v) is 6.39. The summed E-state index contributed by atoms with van der Waals surface area (Å²) in [5.41, 5.74) is 1.34. The Balaban J connectivity index is 1.96. The number of aromatic nitrogens is 1. The van der Waals surface area contributed by atoms with E-state index in [0.29, 0.717) is 5.69 Å². The monoisotopic (exact) mass is 285 g/mol. The molecule has 1 atom stereocenters. The summed E-state index contributed by atoms with van der Waals surface area (Å²) in [5.74, 6) is -1.10. The van der Waals surface area contributed by atoms with Gasteiger partial charge < -0.3 is 15.7 Å². The van der Waals surface area contributed by atoms with E-state index in [1.54, 1.807) is 48.8 Å². The van der Waals surface area contributed by atoms with Crippen LogP contribution in [-0.2, 0) is 11.2 Å². The predicted molar refractivity (Wildman–Crippen MR) is 78.0 cm³/mol. The Bertz CT molecular complexity index is 602.